The number of hydrogen-bond donors (Lipinski definition) is 2. The maximum atomic E-state index is 11.9. The second kappa shape index (κ2) is 7.16. The van der Waals surface area contributed by atoms with Gasteiger partial charge >= 0.3 is 0 Å². The van der Waals surface area contributed by atoms with Crippen molar-refractivity contribution in [2.45, 2.75) is 18.1 Å². The number of hydrogen-bond acceptors (Lipinski definition) is 6. The molecule has 2 N–H and O–H groups in total. The third-order valence-corrected chi connectivity index (χ3v) is 5.45. The van der Waals surface area contributed by atoms with Crippen molar-refractivity contribution in [3.63, 3.8) is 0 Å². The molecule has 0 fully saturated rings. The summed E-state index contributed by atoms with van der Waals surface area (Å²) < 4.78 is 25.3. The van der Waals surface area contributed by atoms with E-state index in [1.165, 1.54) is 0 Å². The molecule has 1 rings (SSSR count). The highest BCUT2D eigenvalue weighted by Crippen LogP contribution is 2.35. The molecule has 0 unspecified atom stereocenters. The van der Waals surface area contributed by atoms with Gasteiger partial charge in [0.25, 0.3) is 15.7 Å². The van der Waals surface area contributed by atoms with Crippen LogP contribution in [0.4, 0.5) is 5.69 Å². The lowest BCUT2D eigenvalue weighted by atomic mass is 10.2. The van der Waals surface area contributed by atoms with Gasteiger partial charge in [-0.2, -0.15) is 0 Å². The van der Waals surface area contributed by atoms with Gasteiger partial charge in [0.05, 0.1) is 11.5 Å². The predicted molar refractivity (Wildman–Crippen MR) is 79.0 cm³/mol. The third kappa shape index (κ3) is 5.23. The Hall–Kier alpha value is -1.23. The SMILES string of the molecule is CC(C)CNC(=O)CNS(=O)(=O)c1cc([N+](=O)[O-])c(Cl)s1. The molecule has 8 nitrogen and oxygen atoms in total. The van der Waals surface area contributed by atoms with E-state index in [9.17, 15) is 23.3 Å². The quantitative estimate of drug-likeness (QED) is 0.565. The van der Waals surface area contributed by atoms with E-state index in [2.05, 4.69) is 10.0 Å². The predicted octanol–water partition coefficient (Wildman–Crippen LogP) is 1.36. The van der Waals surface area contributed by atoms with Crippen LogP contribution in [0.3, 0.4) is 0 Å². The smallest absolute Gasteiger partial charge is 0.300 e. The first-order valence-corrected chi connectivity index (χ1v) is 8.51. The Balaban J connectivity index is 2.72. The minimum Gasteiger partial charge on any atom is -0.355 e. The molecule has 0 aliphatic carbocycles. The Bertz CT molecular complexity index is 641. The van der Waals surface area contributed by atoms with Crippen LogP contribution in [0.1, 0.15) is 13.8 Å². The average molecular weight is 356 g/mol. The Morgan fingerprint density at radius 3 is 2.62 bits per heavy atom. The number of halogens is 1. The van der Waals surface area contributed by atoms with Crippen LogP contribution in [0.15, 0.2) is 10.3 Å². The van der Waals surface area contributed by atoms with Crippen LogP contribution in [0, 0.1) is 16.0 Å². The van der Waals surface area contributed by atoms with Crippen LogP contribution in [-0.2, 0) is 14.8 Å². The molecule has 0 aliphatic heterocycles. The van der Waals surface area contributed by atoms with Crippen molar-refractivity contribution < 1.29 is 18.1 Å². The Morgan fingerprint density at radius 2 is 2.14 bits per heavy atom. The van der Waals surface area contributed by atoms with Crippen molar-refractivity contribution in [2.24, 2.45) is 5.92 Å². The number of nitrogens with zero attached hydrogens (tertiary/aromatic N) is 1. The second-order valence-electron chi connectivity index (χ2n) is 4.50. The molecule has 0 aliphatic rings. The molecule has 11 heteroatoms. The lowest BCUT2D eigenvalue weighted by Gasteiger charge is -2.08. The molecule has 1 aromatic heterocycles. The van der Waals surface area contributed by atoms with Gasteiger partial charge in [-0.3, -0.25) is 14.9 Å². The van der Waals surface area contributed by atoms with E-state index in [1.54, 1.807) is 0 Å². The summed E-state index contributed by atoms with van der Waals surface area (Å²) in [4.78, 5) is 21.3. The van der Waals surface area contributed by atoms with E-state index < -0.39 is 33.1 Å². The van der Waals surface area contributed by atoms with Crippen LogP contribution in [0.25, 0.3) is 0 Å². The molecule has 0 spiro atoms. The first-order chi connectivity index (χ1) is 9.63. The molecule has 0 radical (unpaired) electrons. The molecular weight excluding hydrogens is 342 g/mol. The van der Waals surface area contributed by atoms with E-state index in [0.29, 0.717) is 17.9 Å². The fourth-order valence-electron chi connectivity index (χ4n) is 1.21. The maximum Gasteiger partial charge on any atom is 0.300 e. The summed E-state index contributed by atoms with van der Waals surface area (Å²) in [6.07, 6.45) is 0. The zero-order chi connectivity index (χ0) is 16.2. The zero-order valence-electron chi connectivity index (χ0n) is 11.3. The number of nitrogens with one attached hydrogen (secondary N) is 2. The monoisotopic (exact) mass is 355 g/mol. The van der Waals surface area contributed by atoms with Gasteiger partial charge in [0.1, 0.15) is 4.21 Å². The van der Waals surface area contributed by atoms with Gasteiger partial charge in [0.2, 0.25) is 5.91 Å². The van der Waals surface area contributed by atoms with Gasteiger partial charge in [0.15, 0.2) is 4.34 Å². The van der Waals surface area contributed by atoms with Crippen LogP contribution in [0.5, 0.6) is 0 Å². The lowest BCUT2D eigenvalue weighted by Crippen LogP contribution is -2.38. The third-order valence-electron chi connectivity index (χ3n) is 2.24. The Labute approximate surface area is 130 Å². The van der Waals surface area contributed by atoms with Crippen LogP contribution < -0.4 is 10.0 Å². The minimum atomic E-state index is -4.01. The number of sulfonamides is 1. The molecule has 118 valence electrons. The van der Waals surface area contributed by atoms with Crippen molar-refractivity contribution in [3.05, 3.63) is 20.5 Å². The van der Waals surface area contributed by atoms with Crippen molar-refractivity contribution in [3.8, 4) is 0 Å². The first kappa shape index (κ1) is 17.8. The number of thiophene rings is 1. The molecule has 1 amide bonds. The van der Waals surface area contributed by atoms with Gasteiger partial charge in [-0.25, -0.2) is 13.1 Å². The highest BCUT2D eigenvalue weighted by molar-refractivity contribution is 7.91. The van der Waals surface area contributed by atoms with E-state index in [4.69, 9.17) is 11.6 Å². The fourth-order valence-corrected chi connectivity index (χ4v) is 3.90. The molecule has 0 atom stereocenters. The van der Waals surface area contributed by atoms with Gasteiger partial charge in [-0.1, -0.05) is 25.4 Å². The van der Waals surface area contributed by atoms with Crippen LogP contribution in [-0.4, -0.2) is 32.3 Å². The number of carbonyl (C=O) groups excluding carboxylic acids is 1. The van der Waals surface area contributed by atoms with Crippen LogP contribution >= 0.6 is 22.9 Å². The lowest BCUT2D eigenvalue weighted by molar-refractivity contribution is -0.384. The van der Waals surface area contributed by atoms with Crippen molar-refractivity contribution in [1.29, 1.82) is 0 Å². The number of amides is 1. The second-order valence-corrected chi connectivity index (χ2v) is 8.15. The minimum absolute atomic E-state index is 0.232. The van der Waals surface area contributed by atoms with Crippen molar-refractivity contribution in [1.82, 2.24) is 10.0 Å². The summed E-state index contributed by atoms with van der Waals surface area (Å²) in [6.45, 7) is 3.78. The van der Waals surface area contributed by atoms with E-state index in [0.717, 1.165) is 6.07 Å². The standard InChI is InChI=1S/C10H14ClN3O5S2/c1-6(2)4-12-8(15)5-13-21(18,19)9-3-7(14(16)17)10(11)20-9/h3,6,13H,4-5H2,1-2H3,(H,12,15). The van der Waals surface area contributed by atoms with E-state index in [-0.39, 0.29) is 14.5 Å². The van der Waals surface area contributed by atoms with Gasteiger partial charge in [-0.15, -0.1) is 11.3 Å². The summed E-state index contributed by atoms with van der Waals surface area (Å²) in [5.74, 6) is -0.242. The summed E-state index contributed by atoms with van der Waals surface area (Å²) >= 11 is 6.16. The summed E-state index contributed by atoms with van der Waals surface area (Å²) in [5, 5.41) is 13.2. The summed E-state index contributed by atoms with van der Waals surface area (Å²) in [6, 6.07) is 0.862. The van der Waals surface area contributed by atoms with Crippen LogP contribution in [0.2, 0.25) is 4.34 Å². The molecule has 21 heavy (non-hydrogen) atoms. The highest BCUT2D eigenvalue weighted by atomic mass is 35.5. The molecule has 0 aromatic carbocycles. The molecule has 1 heterocycles. The van der Waals surface area contributed by atoms with Gasteiger partial charge in [0, 0.05) is 12.6 Å². The molecule has 0 saturated heterocycles. The maximum absolute atomic E-state index is 11.9. The Kier molecular flexibility index (Phi) is 6.08. The summed E-state index contributed by atoms with van der Waals surface area (Å²) in [7, 11) is -4.01. The fraction of sp³-hybridized carbons (Fsp3) is 0.500. The molecule has 0 saturated carbocycles. The number of carbonyl (C=O) groups is 1. The van der Waals surface area contributed by atoms with Crippen molar-refractivity contribution >= 4 is 44.6 Å². The Morgan fingerprint density at radius 1 is 1.52 bits per heavy atom. The van der Waals surface area contributed by atoms with Gasteiger partial charge in [-0.05, 0) is 5.92 Å². The average Bonchev–Trinajstić information content (AvgIpc) is 2.77. The number of nitro groups is 1. The van der Waals surface area contributed by atoms with Crippen molar-refractivity contribution in [2.75, 3.05) is 13.1 Å². The van der Waals surface area contributed by atoms with E-state index >= 15 is 0 Å². The summed E-state index contributed by atoms with van der Waals surface area (Å²) in [5.41, 5.74) is -0.480. The molecule has 0 bridgehead atoms. The topological polar surface area (TPSA) is 118 Å². The molecule has 1 aromatic rings. The molecular formula is C10H14ClN3O5S2. The first-order valence-electron chi connectivity index (χ1n) is 5.83. The number of rotatable bonds is 7. The largest absolute Gasteiger partial charge is 0.355 e. The normalized spacial score (nSPS) is 11.6. The van der Waals surface area contributed by atoms with E-state index in [1.807, 2.05) is 13.8 Å². The highest BCUT2D eigenvalue weighted by Gasteiger charge is 2.25. The van der Waals surface area contributed by atoms with Gasteiger partial charge < -0.3 is 5.32 Å². The zero-order valence-corrected chi connectivity index (χ0v) is 13.6.